The van der Waals surface area contributed by atoms with E-state index in [-0.39, 0.29) is 18.1 Å². The van der Waals surface area contributed by atoms with Gasteiger partial charge < -0.3 is 9.64 Å². The summed E-state index contributed by atoms with van der Waals surface area (Å²) in [7, 11) is 0. The molecule has 0 aliphatic carbocycles. The number of ether oxygens (including phenoxy) is 1. The molecular formula is C16H22Cl3N2O2+. The normalized spacial score (nSPS) is 26.6. The lowest BCUT2D eigenvalue weighted by Gasteiger charge is -2.39. The summed E-state index contributed by atoms with van der Waals surface area (Å²) in [6.45, 7) is 7.22. The number of amides is 1. The molecule has 1 aromatic rings. The molecule has 23 heavy (non-hydrogen) atoms. The highest BCUT2D eigenvalue weighted by Gasteiger charge is 2.44. The van der Waals surface area contributed by atoms with E-state index in [0.717, 1.165) is 10.5 Å². The number of hydrogen-bond donors (Lipinski definition) is 2. The van der Waals surface area contributed by atoms with Crippen LogP contribution in [0.15, 0.2) is 24.3 Å². The number of halogens is 3. The summed E-state index contributed by atoms with van der Waals surface area (Å²) < 4.78 is 4.12. The summed E-state index contributed by atoms with van der Waals surface area (Å²) in [4.78, 5) is 13.5. The van der Waals surface area contributed by atoms with Crippen molar-refractivity contribution in [3.05, 3.63) is 35.4 Å². The molecule has 0 saturated carbocycles. The van der Waals surface area contributed by atoms with E-state index >= 15 is 0 Å². The van der Waals surface area contributed by atoms with Gasteiger partial charge >= 0.3 is 0 Å². The topological polar surface area (TPSA) is 42.8 Å². The van der Waals surface area contributed by atoms with Gasteiger partial charge in [-0.25, -0.2) is 0 Å². The van der Waals surface area contributed by atoms with Gasteiger partial charge in [0.1, 0.15) is 25.3 Å². The van der Waals surface area contributed by atoms with E-state index in [0.29, 0.717) is 18.7 Å². The number of nitrogens with one attached hydrogen (secondary N) is 2. The molecule has 2 rings (SSSR count). The minimum Gasteiger partial charge on any atom is -0.364 e. The molecule has 3 atom stereocenters. The Hall–Kier alpha value is -0.520. The van der Waals surface area contributed by atoms with Crippen molar-refractivity contribution in [2.75, 3.05) is 13.1 Å². The second kappa shape index (κ2) is 7.58. The van der Waals surface area contributed by atoms with Gasteiger partial charge in [-0.15, -0.1) is 0 Å². The van der Waals surface area contributed by atoms with Crippen molar-refractivity contribution in [2.45, 2.75) is 42.9 Å². The number of carbonyl (C=O) groups is 1. The number of benzene rings is 1. The minimum absolute atomic E-state index is 0.0412. The van der Waals surface area contributed by atoms with Crippen molar-refractivity contribution in [1.82, 2.24) is 5.32 Å². The first-order chi connectivity index (χ1) is 10.7. The average Bonchev–Trinajstić information content (AvgIpc) is 2.42. The molecule has 1 heterocycles. The molecule has 1 saturated heterocycles. The summed E-state index contributed by atoms with van der Waals surface area (Å²) in [6.07, 6.45) is -0.562. The van der Waals surface area contributed by atoms with Gasteiger partial charge in [-0.3, -0.25) is 10.1 Å². The van der Waals surface area contributed by atoms with Gasteiger partial charge in [0.15, 0.2) is 0 Å². The first-order valence-electron chi connectivity index (χ1n) is 7.61. The standard InChI is InChI=1S/C16H21Cl3N2O2/c1-10-5-4-6-13(7-10)14(22)20-15(16(17,18)19)21-8-11(2)23-12(3)9-21/h4-7,11-12,15H,8-9H2,1-3H3,(H,20,22)/p+1/t11-,12-,15+/m1/s1. The van der Waals surface area contributed by atoms with Crippen LogP contribution >= 0.6 is 34.8 Å². The number of aryl methyl sites for hydroxylation is 1. The van der Waals surface area contributed by atoms with E-state index < -0.39 is 9.96 Å². The highest BCUT2D eigenvalue weighted by Crippen LogP contribution is 2.28. The predicted octanol–water partition coefficient (Wildman–Crippen LogP) is 2.11. The van der Waals surface area contributed by atoms with E-state index in [4.69, 9.17) is 39.5 Å². The van der Waals surface area contributed by atoms with Gasteiger partial charge in [0.25, 0.3) is 9.70 Å². The maximum absolute atomic E-state index is 12.5. The molecule has 0 spiro atoms. The van der Waals surface area contributed by atoms with Gasteiger partial charge in [0, 0.05) is 5.56 Å². The fourth-order valence-electron chi connectivity index (χ4n) is 2.97. The van der Waals surface area contributed by atoms with E-state index in [1.165, 1.54) is 0 Å². The molecule has 1 aliphatic heterocycles. The van der Waals surface area contributed by atoms with Crippen molar-refractivity contribution in [3.63, 3.8) is 0 Å². The second-order valence-electron chi connectivity index (χ2n) is 6.14. The third-order valence-electron chi connectivity index (χ3n) is 3.86. The van der Waals surface area contributed by atoms with Crippen LogP contribution in [-0.2, 0) is 4.74 Å². The fraction of sp³-hybridized carbons (Fsp3) is 0.562. The molecule has 0 unspecified atom stereocenters. The molecule has 1 aromatic carbocycles. The lowest BCUT2D eigenvalue weighted by Crippen LogP contribution is -3.22. The zero-order valence-electron chi connectivity index (χ0n) is 13.4. The number of carbonyl (C=O) groups excluding carboxylic acids is 1. The zero-order chi connectivity index (χ0) is 17.2. The number of alkyl halides is 3. The number of rotatable bonds is 3. The van der Waals surface area contributed by atoms with Crippen molar-refractivity contribution in [3.8, 4) is 0 Å². The molecular weight excluding hydrogens is 359 g/mol. The molecule has 1 amide bonds. The van der Waals surface area contributed by atoms with Crippen LogP contribution < -0.4 is 10.2 Å². The summed E-state index contributed by atoms with van der Waals surface area (Å²) in [6, 6.07) is 7.32. The Bertz CT molecular complexity index is 553. The third-order valence-corrected chi connectivity index (χ3v) is 4.51. The Labute approximate surface area is 152 Å². The molecule has 0 bridgehead atoms. The number of morpholine rings is 1. The van der Waals surface area contributed by atoms with E-state index in [9.17, 15) is 4.79 Å². The summed E-state index contributed by atoms with van der Waals surface area (Å²) in [5.74, 6) is -0.246. The maximum Gasteiger partial charge on any atom is 0.262 e. The summed E-state index contributed by atoms with van der Waals surface area (Å²) >= 11 is 18.4. The van der Waals surface area contributed by atoms with Crippen LogP contribution in [0.1, 0.15) is 29.8 Å². The second-order valence-corrected chi connectivity index (χ2v) is 8.51. The van der Waals surface area contributed by atoms with Gasteiger partial charge in [-0.1, -0.05) is 52.5 Å². The first kappa shape index (κ1) is 18.8. The Balaban J connectivity index is 2.17. The molecule has 0 radical (unpaired) electrons. The monoisotopic (exact) mass is 379 g/mol. The molecule has 1 aliphatic rings. The highest BCUT2D eigenvalue weighted by molar-refractivity contribution is 6.68. The Morgan fingerprint density at radius 1 is 1.30 bits per heavy atom. The van der Waals surface area contributed by atoms with Crippen LogP contribution in [0.5, 0.6) is 0 Å². The van der Waals surface area contributed by atoms with Crippen LogP contribution in [0.2, 0.25) is 0 Å². The maximum atomic E-state index is 12.5. The molecule has 1 fully saturated rings. The van der Waals surface area contributed by atoms with Gasteiger partial charge in [-0.2, -0.15) is 0 Å². The Morgan fingerprint density at radius 2 is 1.91 bits per heavy atom. The summed E-state index contributed by atoms with van der Waals surface area (Å²) in [5.41, 5.74) is 1.56. The average molecular weight is 381 g/mol. The number of hydrogen-bond acceptors (Lipinski definition) is 2. The minimum atomic E-state index is -1.61. The van der Waals surface area contributed by atoms with Gasteiger partial charge in [0.05, 0.1) is 0 Å². The van der Waals surface area contributed by atoms with E-state index in [2.05, 4.69) is 5.32 Å². The Kier molecular flexibility index (Phi) is 6.20. The van der Waals surface area contributed by atoms with Gasteiger partial charge in [-0.05, 0) is 32.9 Å². The van der Waals surface area contributed by atoms with Crippen LogP contribution in [0.3, 0.4) is 0 Å². The SMILES string of the molecule is Cc1cccc(C(=O)N[C@@H]([NH+]2C[C@@H](C)O[C@H](C)C2)C(Cl)(Cl)Cl)c1. The van der Waals surface area contributed by atoms with Crippen molar-refractivity contribution in [1.29, 1.82) is 0 Å². The van der Waals surface area contributed by atoms with Crippen molar-refractivity contribution >= 4 is 40.7 Å². The summed E-state index contributed by atoms with van der Waals surface area (Å²) in [5, 5.41) is 2.88. The smallest absolute Gasteiger partial charge is 0.262 e. The van der Waals surface area contributed by atoms with Gasteiger partial charge in [0.2, 0.25) is 6.17 Å². The number of quaternary nitrogens is 1. The Morgan fingerprint density at radius 3 is 2.43 bits per heavy atom. The first-order valence-corrected chi connectivity index (χ1v) is 8.74. The van der Waals surface area contributed by atoms with Crippen LogP contribution in [0, 0.1) is 6.92 Å². The molecule has 4 nitrogen and oxygen atoms in total. The third kappa shape index (κ3) is 5.23. The van der Waals surface area contributed by atoms with Crippen LogP contribution in [0.4, 0.5) is 0 Å². The largest absolute Gasteiger partial charge is 0.364 e. The van der Waals surface area contributed by atoms with Crippen molar-refractivity contribution in [2.24, 2.45) is 0 Å². The molecule has 128 valence electrons. The van der Waals surface area contributed by atoms with E-state index in [1.807, 2.05) is 39.0 Å². The quantitative estimate of drug-likeness (QED) is 0.789. The fourth-order valence-corrected chi connectivity index (χ4v) is 3.59. The predicted molar refractivity (Wildman–Crippen MR) is 93.4 cm³/mol. The van der Waals surface area contributed by atoms with Crippen LogP contribution in [-0.4, -0.2) is 41.2 Å². The van der Waals surface area contributed by atoms with Crippen LogP contribution in [0.25, 0.3) is 0 Å². The molecule has 0 aromatic heterocycles. The zero-order valence-corrected chi connectivity index (χ0v) is 15.7. The lowest BCUT2D eigenvalue weighted by atomic mass is 10.1. The molecule has 2 N–H and O–H groups in total. The molecule has 7 heteroatoms. The van der Waals surface area contributed by atoms with Crippen molar-refractivity contribution < 1.29 is 14.4 Å². The lowest BCUT2D eigenvalue weighted by molar-refractivity contribution is -0.941. The highest BCUT2D eigenvalue weighted by atomic mass is 35.6. The van der Waals surface area contributed by atoms with E-state index in [1.54, 1.807) is 6.07 Å².